The molecule has 0 saturated heterocycles. The highest BCUT2D eigenvalue weighted by Gasteiger charge is 2.27. The van der Waals surface area contributed by atoms with E-state index in [0.717, 1.165) is 0 Å². The smallest absolute Gasteiger partial charge is 0.294 e. The summed E-state index contributed by atoms with van der Waals surface area (Å²) < 4.78 is 0. The van der Waals surface area contributed by atoms with Gasteiger partial charge in [0.05, 0.1) is 6.61 Å². The van der Waals surface area contributed by atoms with Crippen LogP contribution in [0.2, 0.25) is 0 Å². The molecule has 0 heterocycles. The second-order valence-corrected chi connectivity index (χ2v) is 2.96. The molecule has 0 aromatic heterocycles. The monoisotopic (exact) mass is 210 g/mol. The van der Waals surface area contributed by atoms with E-state index in [1.807, 2.05) is 0 Å². The van der Waals surface area contributed by atoms with Crippen LogP contribution in [0.15, 0.2) is 0 Å². The highest BCUT2D eigenvalue weighted by molar-refractivity contribution is 4.70. The van der Waals surface area contributed by atoms with E-state index in [1.54, 1.807) is 0 Å². The minimum absolute atomic E-state index is 0.468. The molecule has 0 saturated carbocycles. The van der Waals surface area contributed by atoms with E-state index < -0.39 is 35.4 Å². The molecule has 9 heteroatoms. The predicted molar refractivity (Wildman–Crippen MR) is 41.1 cm³/mol. The van der Waals surface area contributed by atoms with Crippen molar-refractivity contribution in [3.63, 3.8) is 0 Å². The molecule has 1 N–H and O–H groups in total. The van der Waals surface area contributed by atoms with Gasteiger partial charge < -0.3 is 14.8 Å². The molecule has 0 atom stereocenters. The number of rotatable bonds is 7. The molecular formula is C5H10N2O7. The third kappa shape index (κ3) is 5.09. The van der Waals surface area contributed by atoms with Crippen molar-refractivity contribution in [2.24, 2.45) is 5.41 Å². The van der Waals surface area contributed by atoms with Crippen molar-refractivity contribution < 1.29 is 25.0 Å². The molecule has 0 aliphatic carbocycles. The molecular weight excluding hydrogens is 200 g/mol. The maximum Gasteiger partial charge on any atom is 0.294 e. The van der Waals surface area contributed by atoms with Crippen LogP contribution >= 0.6 is 0 Å². The second kappa shape index (κ2) is 5.17. The van der Waals surface area contributed by atoms with Crippen molar-refractivity contribution in [3.8, 4) is 0 Å². The average molecular weight is 210 g/mol. The van der Waals surface area contributed by atoms with Crippen molar-refractivity contribution in [2.45, 2.75) is 6.92 Å². The second-order valence-electron chi connectivity index (χ2n) is 2.96. The third-order valence-electron chi connectivity index (χ3n) is 1.42. The Balaban J connectivity index is 4.03. The van der Waals surface area contributed by atoms with Crippen LogP contribution < -0.4 is 0 Å². The fourth-order valence-electron chi connectivity index (χ4n) is 0.550. The molecule has 82 valence electrons. The summed E-state index contributed by atoms with van der Waals surface area (Å²) >= 11 is 0. The van der Waals surface area contributed by atoms with Gasteiger partial charge in [0.2, 0.25) is 0 Å². The number of nitrogens with zero attached hydrogens (tertiary/aromatic N) is 2. The molecule has 0 bridgehead atoms. The van der Waals surface area contributed by atoms with E-state index in [0.29, 0.717) is 0 Å². The molecule has 0 aromatic rings. The normalized spacial score (nSPS) is 10.7. The van der Waals surface area contributed by atoms with E-state index in [4.69, 9.17) is 5.11 Å². The molecule has 14 heavy (non-hydrogen) atoms. The topological polar surface area (TPSA) is 125 Å². The van der Waals surface area contributed by atoms with Crippen LogP contribution in [0.1, 0.15) is 6.92 Å². The zero-order valence-electron chi connectivity index (χ0n) is 7.41. The molecule has 0 aromatic carbocycles. The van der Waals surface area contributed by atoms with E-state index in [-0.39, 0.29) is 0 Å². The van der Waals surface area contributed by atoms with Crippen molar-refractivity contribution in [1.29, 1.82) is 0 Å². The van der Waals surface area contributed by atoms with E-state index in [1.165, 1.54) is 6.92 Å². The Hall–Kier alpha value is -1.64. The van der Waals surface area contributed by atoms with Gasteiger partial charge in [0.15, 0.2) is 0 Å². The Morgan fingerprint density at radius 2 is 1.57 bits per heavy atom. The summed E-state index contributed by atoms with van der Waals surface area (Å²) in [7, 11) is 0. The van der Waals surface area contributed by atoms with Crippen LogP contribution in [0.4, 0.5) is 0 Å². The van der Waals surface area contributed by atoms with Crippen molar-refractivity contribution >= 4 is 0 Å². The minimum Gasteiger partial charge on any atom is -0.396 e. The summed E-state index contributed by atoms with van der Waals surface area (Å²) in [5, 5.41) is 26.4. The molecule has 0 rings (SSSR count). The molecule has 0 aliphatic heterocycles. The number of hydrogen-bond acceptors (Lipinski definition) is 7. The predicted octanol–water partition coefficient (Wildman–Crippen LogP) is -0.598. The van der Waals surface area contributed by atoms with Crippen LogP contribution in [-0.2, 0) is 9.68 Å². The molecule has 0 unspecified atom stereocenters. The molecule has 0 spiro atoms. The molecule has 0 radical (unpaired) electrons. The SMILES string of the molecule is CC(CO)(CO[N+](=O)[O-])CO[N+](=O)[O-]. The summed E-state index contributed by atoms with van der Waals surface area (Å²) in [5.41, 5.74) is -1.17. The highest BCUT2D eigenvalue weighted by Crippen LogP contribution is 2.16. The maximum atomic E-state index is 9.83. The van der Waals surface area contributed by atoms with Gasteiger partial charge in [0, 0.05) is 5.41 Å². The Morgan fingerprint density at radius 3 is 1.79 bits per heavy atom. The standard InChI is InChI=1S/C5H10N2O7/c1-5(2-8,3-13-6(9)10)4-14-7(11)12/h8H,2-4H2,1H3. The zero-order valence-corrected chi connectivity index (χ0v) is 7.41. The van der Waals surface area contributed by atoms with E-state index in [9.17, 15) is 20.2 Å². The van der Waals surface area contributed by atoms with E-state index >= 15 is 0 Å². The summed E-state index contributed by atoms with van der Waals surface area (Å²) in [6.07, 6.45) is 0. The van der Waals surface area contributed by atoms with E-state index in [2.05, 4.69) is 9.68 Å². The molecule has 0 amide bonds. The van der Waals surface area contributed by atoms with Gasteiger partial charge in [-0.25, -0.2) is 0 Å². The highest BCUT2D eigenvalue weighted by atomic mass is 17.0. The lowest BCUT2D eigenvalue weighted by Crippen LogP contribution is -2.34. The molecule has 9 nitrogen and oxygen atoms in total. The number of hydrogen-bond donors (Lipinski definition) is 1. The molecule has 0 fully saturated rings. The Morgan fingerprint density at radius 1 is 1.21 bits per heavy atom. The van der Waals surface area contributed by atoms with Gasteiger partial charge >= 0.3 is 0 Å². The Kier molecular flexibility index (Phi) is 4.56. The summed E-state index contributed by atoms with van der Waals surface area (Å²) in [6.45, 7) is -0.0939. The van der Waals surface area contributed by atoms with Crippen LogP contribution in [0.3, 0.4) is 0 Å². The maximum absolute atomic E-state index is 9.83. The van der Waals surface area contributed by atoms with Gasteiger partial charge in [0.1, 0.15) is 13.2 Å². The number of aliphatic hydroxyl groups is 1. The van der Waals surface area contributed by atoms with Crippen LogP contribution in [-0.4, -0.2) is 35.1 Å². The van der Waals surface area contributed by atoms with Crippen LogP contribution in [0.25, 0.3) is 0 Å². The fraction of sp³-hybridized carbons (Fsp3) is 1.00. The van der Waals surface area contributed by atoms with Crippen LogP contribution in [0.5, 0.6) is 0 Å². The summed E-state index contributed by atoms with van der Waals surface area (Å²) in [6, 6.07) is 0. The Bertz CT molecular complexity index is 200. The first-order chi connectivity index (χ1) is 6.39. The first-order valence-corrected chi connectivity index (χ1v) is 3.55. The quantitative estimate of drug-likeness (QED) is 0.439. The van der Waals surface area contributed by atoms with Gasteiger partial charge in [-0.05, 0) is 0 Å². The largest absolute Gasteiger partial charge is 0.396 e. The Labute approximate surface area is 78.4 Å². The number of aliphatic hydroxyl groups excluding tert-OH is 1. The van der Waals surface area contributed by atoms with Crippen molar-refractivity contribution in [1.82, 2.24) is 0 Å². The van der Waals surface area contributed by atoms with Gasteiger partial charge in [-0.1, -0.05) is 6.92 Å². The fourth-order valence-corrected chi connectivity index (χ4v) is 0.550. The van der Waals surface area contributed by atoms with Crippen LogP contribution in [0, 0.1) is 25.6 Å². The van der Waals surface area contributed by atoms with Gasteiger partial charge in [-0.3, -0.25) is 0 Å². The lowest BCUT2D eigenvalue weighted by molar-refractivity contribution is -0.771. The first kappa shape index (κ1) is 12.4. The zero-order chi connectivity index (χ0) is 11.2. The lowest BCUT2D eigenvalue weighted by atomic mass is 9.95. The lowest BCUT2D eigenvalue weighted by Gasteiger charge is -2.23. The minimum atomic E-state index is -1.17. The van der Waals surface area contributed by atoms with Gasteiger partial charge in [-0.2, -0.15) is 0 Å². The van der Waals surface area contributed by atoms with Crippen molar-refractivity contribution in [3.05, 3.63) is 20.2 Å². The summed E-state index contributed by atoms with van der Waals surface area (Å²) in [5.74, 6) is 0. The first-order valence-electron chi connectivity index (χ1n) is 3.55. The van der Waals surface area contributed by atoms with Crippen molar-refractivity contribution in [2.75, 3.05) is 19.8 Å². The third-order valence-corrected chi connectivity index (χ3v) is 1.42. The average Bonchev–Trinajstić information content (AvgIpc) is 2.11. The van der Waals surface area contributed by atoms with Gasteiger partial charge in [0.25, 0.3) is 10.2 Å². The van der Waals surface area contributed by atoms with Gasteiger partial charge in [-0.15, -0.1) is 20.2 Å². The summed E-state index contributed by atoms with van der Waals surface area (Å²) in [4.78, 5) is 27.6. The molecule has 0 aliphatic rings.